The van der Waals surface area contributed by atoms with Gasteiger partial charge in [0.1, 0.15) is 11.5 Å². The van der Waals surface area contributed by atoms with Crippen LogP contribution in [0.25, 0.3) is 0 Å². The predicted octanol–water partition coefficient (Wildman–Crippen LogP) is -0.251. The van der Waals surface area contributed by atoms with E-state index in [9.17, 15) is 4.79 Å². The summed E-state index contributed by atoms with van der Waals surface area (Å²) < 4.78 is 12.7. The predicted molar refractivity (Wildman–Crippen MR) is 68.1 cm³/mol. The van der Waals surface area contributed by atoms with Crippen LogP contribution in [0.1, 0.15) is 6.92 Å². The lowest BCUT2D eigenvalue weighted by molar-refractivity contribution is -0.597. The Morgan fingerprint density at radius 3 is 2.37 bits per heavy atom. The summed E-state index contributed by atoms with van der Waals surface area (Å²) >= 11 is -0.279. The lowest BCUT2D eigenvalue weighted by Gasteiger charge is -1.99. The third kappa shape index (κ3) is 4.24. The molecule has 19 heavy (non-hydrogen) atoms. The topological polar surface area (TPSA) is 35.5 Å². The average molecular weight is 369 g/mol. The van der Waals surface area contributed by atoms with Crippen LogP contribution in [-0.2, 0) is 4.79 Å². The number of hydrogen-bond donors (Lipinski definition) is 0. The van der Waals surface area contributed by atoms with Gasteiger partial charge in [-0.25, -0.2) is 0 Å². The van der Waals surface area contributed by atoms with Gasteiger partial charge in [0.15, 0.2) is 7.14 Å². The Balaban J connectivity index is 2.11. The first-order valence-corrected chi connectivity index (χ1v) is 7.90. The van der Waals surface area contributed by atoms with Crippen LogP contribution in [-0.4, -0.2) is 13.1 Å². The van der Waals surface area contributed by atoms with Crippen molar-refractivity contribution < 1.29 is 35.5 Å². The van der Waals surface area contributed by atoms with E-state index in [4.69, 9.17) is 9.47 Å². The third-order valence-electron chi connectivity index (χ3n) is 2.33. The summed E-state index contributed by atoms with van der Waals surface area (Å²) in [6.45, 7) is 1.41. The highest BCUT2D eigenvalue weighted by Gasteiger charge is 2.16. The molecule has 3 nitrogen and oxygen atoms in total. The second-order valence-electron chi connectivity index (χ2n) is 3.80. The molecule has 0 bridgehead atoms. The molecule has 0 N–H and O–H groups in total. The lowest BCUT2D eigenvalue weighted by atomic mass is 10.3. The molecule has 0 radical (unpaired) electrons. The first-order chi connectivity index (χ1) is 9.17. The minimum Gasteiger partial charge on any atom is -0.497 e. The first kappa shape index (κ1) is 13.9. The number of benzene rings is 2. The Morgan fingerprint density at radius 1 is 1.00 bits per heavy atom. The number of carbonyl (C=O) groups excluding carboxylic acids is 1. The van der Waals surface area contributed by atoms with Crippen molar-refractivity contribution in [1.82, 2.24) is 0 Å². The number of rotatable bonds is 4. The van der Waals surface area contributed by atoms with E-state index in [2.05, 4.69) is 18.2 Å². The zero-order valence-corrected chi connectivity index (χ0v) is 12.9. The first-order valence-electron chi connectivity index (χ1n) is 5.75. The van der Waals surface area contributed by atoms with Gasteiger partial charge in [-0.1, -0.05) is 6.07 Å². The largest absolute Gasteiger partial charge is 0.497 e. The van der Waals surface area contributed by atoms with Crippen LogP contribution in [0, 0.1) is 7.14 Å². The molecule has 0 spiro atoms. The van der Waals surface area contributed by atoms with Crippen molar-refractivity contribution in [2.45, 2.75) is 6.92 Å². The Bertz CT molecular complexity index is 564. The van der Waals surface area contributed by atoms with Crippen LogP contribution in [0.15, 0.2) is 48.5 Å². The number of halogens is 1. The van der Waals surface area contributed by atoms with Crippen molar-refractivity contribution in [3.63, 3.8) is 0 Å². The van der Waals surface area contributed by atoms with Crippen LogP contribution >= 0.6 is 0 Å². The molecular weight excluding hydrogens is 355 g/mol. The summed E-state index contributed by atoms with van der Waals surface area (Å²) in [5, 5.41) is 0. The minimum absolute atomic E-state index is 0.279. The molecule has 0 aliphatic carbocycles. The Hall–Kier alpha value is -1.56. The fraction of sp³-hybridized carbons (Fsp3) is 0.133. The van der Waals surface area contributed by atoms with Gasteiger partial charge in [-0.3, -0.25) is 4.79 Å². The highest BCUT2D eigenvalue weighted by atomic mass is 127. The van der Waals surface area contributed by atoms with E-state index < -0.39 is 0 Å². The smallest absolute Gasteiger partial charge is 0.358 e. The number of methoxy groups -OCH3 is 1. The maximum atomic E-state index is 10.9. The van der Waals surface area contributed by atoms with Crippen LogP contribution < -0.4 is 30.7 Å². The number of carbonyl (C=O) groups is 1. The molecule has 0 aliphatic rings. The number of ether oxygens (including phenoxy) is 2. The molecule has 98 valence electrons. The summed E-state index contributed by atoms with van der Waals surface area (Å²) in [6.07, 6.45) is 0. The molecular formula is C15H14IO3+. The molecule has 4 heteroatoms. The van der Waals surface area contributed by atoms with Crippen molar-refractivity contribution in [3.8, 4) is 11.5 Å². The number of hydrogen-bond acceptors (Lipinski definition) is 3. The molecule has 0 heterocycles. The van der Waals surface area contributed by atoms with Gasteiger partial charge in [-0.2, -0.15) is 0 Å². The molecule has 0 fully saturated rings. The van der Waals surface area contributed by atoms with Crippen LogP contribution in [0.5, 0.6) is 11.5 Å². The van der Waals surface area contributed by atoms with E-state index >= 15 is 0 Å². The van der Waals surface area contributed by atoms with Crippen LogP contribution in [0.3, 0.4) is 0 Å². The zero-order valence-electron chi connectivity index (χ0n) is 10.7. The molecule has 2 rings (SSSR count). The fourth-order valence-electron chi connectivity index (χ4n) is 1.51. The fourth-order valence-corrected chi connectivity index (χ4v) is 3.80. The Morgan fingerprint density at radius 2 is 1.74 bits per heavy atom. The third-order valence-corrected chi connectivity index (χ3v) is 4.96. The van der Waals surface area contributed by atoms with Gasteiger partial charge in [0.2, 0.25) is 0 Å². The number of esters is 1. The van der Waals surface area contributed by atoms with Gasteiger partial charge in [0, 0.05) is 13.0 Å². The van der Waals surface area contributed by atoms with E-state index in [-0.39, 0.29) is 27.2 Å². The molecule has 0 amide bonds. The van der Waals surface area contributed by atoms with Crippen LogP contribution in [0.2, 0.25) is 0 Å². The summed E-state index contributed by atoms with van der Waals surface area (Å²) in [4.78, 5) is 10.9. The zero-order chi connectivity index (χ0) is 13.7. The molecule has 0 saturated heterocycles. The highest BCUT2D eigenvalue weighted by molar-refractivity contribution is 5.69. The van der Waals surface area contributed by atoms with Crippen molar-refractivity contribution in [1.29, 1.82) is 0 Å². The van der Waals surface area contributed by atoms with Crippen molar-refractivity contribution >= 4 is 5.97 Å². The normalized spacial score (nSPS) is 10.0. The summed E-state index contributed by atoms with van der Waals surface area (Å²) in [7, 11) is 1.66. The van der Waals surface area contributed by atoms with Gasteiger partial charge in [-0.05, 0) is 36.4 Å². The molecule has 0 saturated carbocycles. The molecule has 0 unspecified atom stereocenters. The van der Waals surface area contributed by atoms with E-state index in [0.29, 0.717) is 5.75 Å². The van der Waals surface area contributed by atoms with Gasteiger partial charge in [0.25, 0.3) is 0 Å². The van der Waals surface area contributed by atoms with E-state index in [1.807, 2.05) is 24.3 Å². The van der Waals surface area contributed by atoms with Gasteiger partial charge >= 0.3 is 27.2 Å². The standard InChI is InChI=1S/C15H14IO3/c1-11(17)19-15-5-3-4-13(10-15)16-12-6-8-14(18-2)9-7-12/h3-10H,1-2H3/q+1. The maximum Gasteiger partial charge on any atom is 0.358 e. The second-order valence-corrected chi connectivity index (χ2v) is 6.83. The molecule has 2 aromatic rings. The van der Waals surface area contributed by atoms with E-state index in [1.165, 1.54) is 14.1 Å². The monoisotopic (exact) mass is 369 g/mol. The summed E-state index contributed by atoms with van der Waals surface area (Å²) in [6, 6.07) is 15.8. The van der Waals surface area contributed by atoms with Crippen molar-refractivity contribution in [3.05, 3.63) is 55.7 Å². The van der Waals surface area contributed by atoms with Crippen molar-refractivity contribution in [2.75, 3.05) is 7.11 Å². The summed E-state index contributed by atoms with van der Waals surface area (Å²) in [5.41, 5.74) is 0. The van der Waals surface area contributed by atoms with Crippen LogP contribution in [0.4, 0.5) is 0 Å². The molecule has 0 atom stereocenters. The average Bonchev–Trinajstić information content (AvgIpc) is 2.39. The molecule has 0 aliphatic heterocycles. The maximum absolute atomic E-state index is 10.9. The second kappa shape index (κ2) is 6.56. The minimum atomic E-state index is -0.292. The lowest BCUT2D eigenvalue weighted by Crippen LogP contribution is -3.61. The highest BCUT2D eigenvalue weighted by Crippen LogP contribution is 2.09. The van der Waals surface area contributed by atoms with Crippen molar-refractivity contribution in [2.24, 2.45) is 0 Å². The molecule has 0 aromatic heterocycles. The van der Waals surface area contributed by atoms with Gasteiger partial charge < -0.3 is 9.47 Å². The quantitative estimate of drug-likeness (QED) is 0.424. The Labute approximate surface area is 122 Å². The van der Waals surface area contributed by atoms with E-state index in [0.717, 1.165) is 5.75 Å². The Kier molecular flexibility index (Phi) is 4.79. The summed E-state index contributed by atoms with van der Waals surface area (Å²) in [5.74, 6) is 1.18. The van der Waals surface area contributed by atoms with Gasteiger partial charge in [0.05, 0.1) is 7.11 Å². The SMILES string of the molecule is COc1ccc([I+]c2cccc(OC(C)=O)c2)cc1. The van der Waals surface area contributed by atoms with E-state index in [1.54, 1.807) is 13.2 Å². The van der Waals surface area contributed by atoms with Gasteiger partial charge in [-0.15, -0.1) is 0 Å². The molecule has 2 aromatic carbocycles.